The van der Waals surface area contributed by atoms with Gasteiger partial charge in [-0.3, -0.25) is 9.00 Å². The number of hydrogen-bond acceptors (Lipinski definition) is 5. The number of hydrogen-bond donors (Lipinski definition) is 0. The van der Waals surface area contributed by atoms with Crippen molar-refractivity contribution in [2.24, 2.45) is 0 Å². The normalized spacial score (nSPS) is 13.8. The number of oxazole rings is 1. The molecule has 2 heterocycles. The zero-order chi connectivity index (χ0) is 16.3. The predicted molar refractivity (Wildman–Crippen MR) is 89.4 cm³/mol. The monoisotopic (exact) mass is 340 g/mol. The van der Waals surface area contributed by atoms with Crippen LogP contribution in [0.15, 0.2) is 21.2 Å². The Balaban J connectivity index is 2.07. The first kappa shape index (κ1) is 16.9. The van der Waals surface area contributed by atoms with Crippen LogP contribution in [-0.2, 0) is 22.0 Å². The molecule has 0 saturated carbocycles. The molecule has 2 atom stereocenters. The first-order valence-electron chi connectivity index (χ1n) is 6.93. The van der Waals surface area contributed by atoms with E-state index in [2.05, 4.69) is 4.98 Å². The van der Waals surface area contributed by atoms with Crippen molar-refractivity contribution < 1.29 is 13.4 Å². The molecule has 7 heteroatoms. The lowest BCUT2D eigenvalue weighted by molar-refractivity contribution is -0.130. The van der Waals surface area contributed by atoms with Crippen LogP contribution in [0.4, 0.5) is 0 Å². The first-order valence-corrected chi connectivity index (χ1v) is 9.60. The summed E-state index contributed by atoms with van der Waals surface area (Å²) in [4.78, 5) is 18.4. The number of likely N-dealkylation sites (N-methyl/N-ethyl adjacent to an activating group) is 1. The highest BCUT2D eigenvalue weighted by Gasteiger charge is 2.20. The van der Waals surface area contributed by atoms with Gasteiger partial charge in [-0.15, -0.1) is 0 Å². The van der Waals surface area contributed by atoms with Crippen LogP contribution in [0.5, 0.6) is 0 Å². The number of aromatic nitrogens is 1. The van der Waals surface area contributed by atoms with Crippen LogP contribution in [0.2, 0.25) is 0 Å². The molecule has 0 N–H and O–H groups in total. The third-order valence-electron chi connectivity index (χ3n) is 3.51. The molecule has 0 bridgehead atoms. The average molecular weight is 340 g/mol. The summed E-state index contributed by atoms with van der Waals surface area (Å²) in [5, 5.41) is 3.92. The molecule has 2 aromatic heterocycles. The van der Waals surface area contributed by atoms with E-state index in [-0.39, 0.29) is 18.4 Å². The highest BCUT2D eigenvalue weighted by Crippen LogP contribution is 2.24. The summed E-state index contributed by atoms with van der Waals surface area (Å²) in [5.41, 5.74) is 1.58. The van der Waals surface area contributed by atoms with Gasteiger partial charge < -0.3 is 9.32 Å². The van der Waals surface area contributed by atoms with Crippen LogP contribution in [0.25, 0.3) is 11.5 Å². The minimum absolute atomic E-state index is 0.0498. The van der Waals surface area contributed by atoms with E-state index in [1.807, 2.05) is 30.7 Å². The summed E-state index contributed by atoms with van der Waals surface area (Å²) in [5.74, 6) is 1.63. The number of rotatable bonds is 6. The van der Waals surface area contributed by atoms with Crippen molar-refractivity contribution in [1.29, 1.82) is 0 Å². The van der Waals surface area contributed by atoms with Crippen molar-refractivity contribution in [3.63, 3.8) is 0 Å². The molecule has 120 valence electrons. The van der Waals surface area contributed by atoms with Gasteiger partial charge in [-0.05, 0) is 25.3 Å². The molecule has 0 aliphatic carbocycles. The molecule has 5 nitrogen and oxygen atoms in total. The van der Waals surface area contributed by atoms with E-state index in [0.717, 1.165) is 5.56 Å². The number of carbonyl (C=O) groups excluding carboxylic acids is 1. The number of thiophene rings is 1. The van der Waals surface area contributed by atoms with Crippen LogP contribution in [-0.4, -0.2) is 45.1 Å². The fourth-order valence-corrected chi connectivity index (χ4v) is 3.60. The molecule has 0 saturated heterocycles. The minimum atomic E-state index is -0.927. The summed E-state index contributed by atoms with van der Waals surface area (Å²) in [6, 6.07) is 1.87. The SMILES string of the molecule is Cc1oc(-c2ccsc2)nc1CC(=O)N(C)[C@@H](C)C[S@@](C)=O. The lowest BCUT2D eigenvalue weighted by atomic mass is 10.2. The van der Waals surface area contributed by atoms with Crippen molar-refractivity contribution in [1.82, 2.24) is 9.88 Å². The highest BCUT2D eigenvalue weighted by molar-refractivity contribution is 7.84. The van der Waals surface area contributed by atoms with Gasteiger partial charge in [0.2, 0.25) is 11.8 Å². The largest absolute Gasteiger partial charge is 0.441 e. The molecule has 1 amide bonds. The van der Waals surface area contributed by atoms with Crippen LogP contribution in [0, 0.1) is 6.92 Å². The predicted octanol–water partition coefficient (Wildman–Crippen LogP) is 2.48. The second-order valence-corrected chi connectivity index (χ2v) is 7.56. The van der Waals surface area contributed by atoms with Crippen LogP contribution in [0.1, 0.15) is 18.4 Å². The van der Waals surface area contributed by atoms with Crippen LogP contribution >= 0.6 is 11.3 Å². The van der Waals surface area contributed by atoms with Crippen molar-refractivity contribution in [3.8, 4) is 11.5 Å². The number of amides is 1. The fourth-order valence-electron chi connectivity index (χ4n) is 2.07. The quantitative estimate of drug-likeness (QED) is 0.810. The summed E-state index contributed by atoms with van der Waals surface area (Å²) >= 11 is 1.57. The molecule has 0 aliphatic heterocycles. The summed E-state index contributed by atoms with van der Waals surface area (Å²) in [7, 11) is 0.804. The van der Waals surface area contributed by atoms with E-state index < -0.39 is 10.8 Å². The van der Waals surface area contributed by atoms with Gasteiger partial charge in [-0.25, -0.2) is 4.98 Å². The van der Waals surface area contributed by atoms with E-state index in [0.29, 0.717) is 23.1 Å². The Morgan fingerprint density at radius 3 is 2.86 bits per heavy atom. The Hall–Kier alpha value is -1.47. The Morgan fingerprint density at radius 1 is 1.55 bits per heavy atom. The van der Waals surface area contributed by atoms with E-state index >= 15 is 0 Å². The van der Waals surface area contributed by atoms with Gasteiger partial charge in [-0.2, -0.15) is 11.3 Å². The van der Waals surface area contributed by atoms with Crippen molar-refractivity contribution in [2.45, 2.75) is 26.3 Å². The van der Waals surface area contributed by atoms with E-state index in [1.54, 1.807) is 29.5 Å². The van der Waals surface area contributed by atoms with E-state index in [9.17, 15) is 9.00 Å². The van der Waals surface area contributed by atoms with E-state index in [1.165, 1.54) is 0 Å². The Labute approximate surface area is 136 Å². The number of nitrogens with zero attached hydrogens (tertiary/aromatic N) is 2. The molecule has 2 aromatic rings. The van der Waals surface area contributed by atoms with Crippen molar-refractivity contribution >= 4 is 28.0 Å². The van der Waals surface area contributed by atoms with Crippen LogP contribution in [0.3, 0.4) is 0 Å². The molecule has 0 fully saturated rings. The van der Waals surface area contributed by atoms with Crippen molar-refractivity contribution in [2.75, 3.05) is 19.1 Å². The first-order chi connectivity index (χ1) is 10.4. The topological polar surface area (TPSA) is 63.4 Å². The molecular formula is C15H20N2O3S2. The Morgan fingerprint density at radius 2 is 2.27 bits per heavy atom. The molecule has 0 aliphatic rings. The zero-order valence-electron chi connectivity index (χ0n) is 13.2. The van der Waals surface area contributed by atoms with Crippen LogP contribution < -0.4 is 0 Å². The maximum Gasteiger partial charge on any atom is 0.228 e. The maximum atomic E-state index is 12.3. The number of aryl methyl sites for hydroxylation is 1. The van der Waals surface area contributed by atoms with Gasteiger partial charge in [0.25, 0.3) is 0 Å². The van der Waals surface area contributed by atoms with Gasteiger partial charge in [0.15, 0.2) is 0 Å². The molecule has 0 spiro atoms. The van der Waals surface area contributed by atoms with Crippen molar-refractivity contribution in [3.05, 3.63) is 28.3 Å². The molecule has 0 radical (unpaired) electrons. The average Bonchev–Trinajstić information content (AvgIpc) is 3.07. The molecule has 0 unspecified atom stereocenters. The zero-order valence-corrected chi connectivity index (χ0v) is 14.8. The van der Waals surface area contributed by atoms with Gasteiger partial charge >= 0.3 is 0 Å². The third-order valence-corrected chi connectivity index (χ3v) is 5.14. The summed E-state index contributed by atoms with van der Waals surface area (Å²) < 4.78 is 16.9. The summed E-state index contributed by atoms with van der Waals surface area (Å²) in [6.07, 6.45) is 1.83. The molecule has 22 heavy (non-hydrogen) atoms. The number of carbonyl (C=O) groups is 1. The highest BCUT2D eigenvalue weighted by atomic mass is 32.2. The van der Waals surface area contributed by atoms with Gasteiger partial charge in [-0.1, -0.05) is 0 Å². The second-order valence-electron chi connectivity index (χ2n) is 5.30. The van der Waals surface area contributed by atoms with Gasteiger partial charge in [0.1, 0.15) is 5.76 Å². The Kier molecular flexibility index (Phi) is 5.52. The molecular weight excluding hydrogens is 320 g/mol. The minimum Gasteiger partial charge on any atom is -0.441 e. The standard InChI is InChI=1S/C15H20N2O3S2/c1-10(9-22(4)19)17(3)14(18)7-13-11(2)20-15(16-13)12-5-6-21-8-12/h5-6,8,10H,7,9H2,1-4H3/t10-,22+/m0/s1. The second kappa shape index (κ2) is 7.19. The molecule has 0 aromatic carbocycles. The smallest absolute Gasteiger partial charge is 0.228 e. The van der Waals surface area contributed by atoms with Gasteiger partial charge in [0.05, 0.1) is 12.1 Å². The third kappa shape index (κ3) is 4.04. The summed E-state index contributed by atoms with van der Waals surface area (Å²) in [6.45, 7) is 3.71. The fraction of sp³-hybridized carbons (Fsp3) is 0.467. The lowest BCUT2D eigenvalue weighted by Gasteiger charge is -2.23. The molecule has 2 rings (SSSR count). The maximum absolute atomic E-state index is 12.3. The lowest BCUT2D eigenvalue weighted by Crippen LogP contribution is -2.39. The van der Waals surface area contributed by atoms with Gasteiger partial charge in [0, 0.05) is 46.8 Å². The van der Waals surface area contributed by atoms with E-state index in [4.69, 9.17) is 4.42 Å². The Bertz CT molecular complexity index is 664.